The Morgan fingerprint density at radius 3 is 2.52 bits per heavy atom. The normalized spacial score (nSPS) is 18.8. The predicted molar refractivity (Wildman–Crippen MR) is 82.6 cm³/mol. The number of nitrogens with zero attached hydrogens (tertiary/aromatic N) is 3. The van der Waals surface area contributed by atoms with Gasteiger partial charge in [0.2, 0.25) is 0 Å². The summed E-state index contributed by atoms with van der Waals surface area (Å²) in [4.78, 5) is 9.38. The second-order valence-corrected chi connectivity index (χ2v) is 7.90. The summed E-state index contributed by atoms with van der Waals surface area (Å²) in [5.41, 5.74) is 0. The predicted octanol–water partition coefficient (Wildman–Crippen LogP) is 1.47. The molecule has 2 rings (SSSR count). The molecule has 21 heavy (non-hydrogen) atoms. The van der Waals surface area contributed by atoms with E-state index in [2.05, 4.69) is 28.7 Å². The van der Waals surface area contributed by atoms with E-state index in [-0.39, 0.29) is 11.1 Å². The van der Waals surface area contributed by atoms with Crippen molar-refractivity contribution in [3.8, 4) is 0 Å². The van der Waals surface area contributed by atoms with E-state index < -0.39 is 10.0 Å². The fraction of sp³-hybridized carbons (Fsp3) is 0.786. The molecule has 0 aliphatic carbocycles. The maximum atomic E-state index is 12.6. The van der Waals surface area contributed by atoms with Gasteiger partial charge in [-0.2, -0.15) is 4.31 Å². The van der Waals surface area contributed by atoms with E-state index >= 15 is 0 Å². The molecule has 2 heterocycles. The van der Waals surface area contributed by atoms with Crippen LogP contribution in [0.2, 0.25) is 0 Å². The third-order valence-electron chi connectivity index (χ3n) is 4.34. The number of H-pyrrole nitrogens is 1. The SMILES string of the molecule is CCc1ncc(S(=O)(=O)N(C)C2CCN(C(C)C)CC2)[nH]1. The molecule has 0 saturated carbocycles. The van der Waals surface area contributed by atoms with Gasteiger partial charge >= 0.3 is 0 Å². The van der Waals surface area contributed by atoms with E-state index in [0.29, 0.717) is 18.3 Å². The molecule has 0 amide bonds. The first-order valence-electron chi connectivity index (χ1n) is 7.62. The van der Waals surface area contributed by atoms with Crippen molar-refractivity contribution in [2.24, 2.45) is 0 Å². The quantitative estimate of drug-likeness (QED) is 0.893. The van der Waals surface area contributed by atoms with E-state index in [1.807, 2.05) is 6.92 Å². The molecule has 0 unspecified atom stereocenters. The van der Waals surface area contributed by atoms with Crippen molar-refractivity contribution in [2.45, 2.75) is 57.1 Å². The number of sulfonamides is 1. The molecule has 6 nitrogen and oxygen atoms in total. The van der Waals surface area contributed by atoms with Crippen molar-refractivity contribution in [3.05, 3.63) is 12.0 Å². The first-order chi connectivity index (χ1) is 9.86. The number of imidazole rings is 1. The number of aromatic nitrogens is 2. The van der Waals surface area contributed by atoms with Crippen molar-refractivity contribution in [3.63, 3.8) is 0 Å². The highest BCUT2D eigenvalue weighted by Crippen LogP contribution is 2.22. The van der Waals surface area contributed by atoms with Crippen LogP contribution in [0.5, 0.6) is 0 Å². The van der Waals surface area contributed by atoms with Crippen LogP contribution in [0.4, 0.5) is 0 Å². The van der Waals surface area contributed by atoms with E-state index in [1.165, 1.54) is 10.5 Å². The fourth-order valence-corrected chi connectivity index (χ4v) is 4.12. The third kappa shape index (κ3) is 3.46. The Hall–Kier alpha value is -0.920. The van der Waals surface area contributed by atoms with Gasteiger partial charge in [0.05, 0.1) is 6.20 Å². The van der Waals surface area contributed by atoms with Crippen molar-refractivity contribution in [2.75, 3.05) is 20.1 Å². The lowest BCUT2D eigenvalue weighted by molar-refractivity contribution is 0.140. The van der Waals surface area contributed by atoms with Gasteiger partial charge in [0.25, 0.3) is 10.0 Å². The molecule has 1 aliphatic heterocycles. The van der Waals surface area contributed by atoms with Crippen LogP contribution >= 0.6 is 0 Å². The Morgan fingerprint density at radius 1 is 1.43 bits per heavy atom. The zero-order valence-corrected chi connectivity index (χ0v) is 14.2. The summed E-state index contributed by atoms with van der Waals surface area (Å²) in [6.07, 6.45) is 3.88. The minimum absolute atomic E-state index is 0.0679. The van der Waals surface area contributed by atoms with Crippen LogP contribution in [-0.2, 0) is 16.4 Å². The van der Waals surface area contributed by atoms with Crippen molar-refractivity contribution < 1.29 is 8.42 Å². The highest BCUT2D eigenvalue weighted by atomic mass is 32.2. The van der Waals surface area contributed by atoms with Gasteiger partial charge in [-0.05, 0) is 39.8 Å². The molecule has 1 aromatic heterocycles. The summed E-state index contributed by atoms with van der Waals surface area (Å²) in [7, 11) is -1.79. The van der Waals surface area contributed by atoms with Gasteiger partial charge in [0.15, 0.2) is 5.03 Å². The lowest BCUT2D eigenvalue weighted by atomic mass is 10.0. The van der Waals surface area contributed by atoms with Gasteiger partial charge in [-0.1, -0.05) is 6.92 Å². The number of aryl methyl sites for hydroxylation is 1. The zero-order valence-electron chi connectivity index (χ0n) is 13.3. The Labute approximate surface area is 127 Å². The molecule has 0 atom stereocenters. The second kappa shape index (κ2) is 6.46. The molecule has 0 bridgehead atoms. The number of rotatable bonds is 5. The first kappa shape index (κ1) is 16.5. The lowest BCUT2D eigenvalue weighted by Crippen LogP contribution is -2.47. The van der Waals surface area contributed by atoms with E-state index in [4.69, 9.17) is 0 Å². The molecule has 0 radical (unpaired) electrons. The molecule has 0 spiro atoms. The second-order valence-electron chi connectivity index (χ2n) is 5.93. The fourth-order valence-electron chi connectivity index (χ4n) is 2.77. The number of likely N-dealkylation sites (tertiary alicyclic amines) is 1. The molecule has 0 aromatic carbocycles. The third-order valence-corrected chi connectivity index (χ3v) is 6.16. The van der Waals surface area contributed by atoms with Crippen LogP contribution in [0.1, 0.15) is 39.4 Å². The van der Waals surface area contributed by atoms with Crippen molar-refractivity contribution >= 4 is 10.0 Å². The van der Waals surface area contributed by atoms with Crippen LogP contribution in [0.25, 0.3) is 0 Å². The van der Waals surface area contributed by atoms with Crippen LogP contribution in [-0.4, -0.2) is 59.8 Å². The minimum atomic E-state index is -3.47. The topological polar surface area (TPSA) is 69.3 Å². The van der Waals surface area contributed by atoms with Crippen LogP contribution in [0, 0.1) is 0 Å². The Kier molecular flexibility index (Phi) is 5.06. The van der Waals surface area contributed by atoms with Gasteiger partial charge in [0.1, 0.15) is 5.82 Å². The number of hydrogen-bond acceptors (Lipinski definition) is 4. The maximum absolute atomic E-state index is 12.6. The monoisotopic (exact) mass is 314 g/mol. The summed E-state index contributed by atoms with van der Waals surface area (Å²) in [6, 6.07) is 0.589. The molecule has 1 N–H and O–H groups in total. The van der Waals surface area contributed by atoms with Crippen molar-refractivity contribution in [1.82, 2.24) is 19.2 Å². The molecule has 1 fully saturated rings. The zero-order chi connectivity index (χ0) is 15.6. The van der Waals surface area contributed by atoms with Gasteiger partial charge in [-0.25, -0.2) is 13.4 Å². The van der Waals surface area contributed by atoms with Gasteiger partial charge in [0, 0.05) is 25.6 Å². The van der Waals surface area contributed by atoms with Gasteiger partial charge < -0.3 is 9.88 Å². The Bertz CT molecular complexity index is 559. The molecule has 1 saturated heterocycles. The van der Waals surface area contributed by atoms with Crippen LogP contribution in [0.3, 0.4) is 0 Å². The van der Waals surface area contributed by atoms with Gasteiger partial charge in [-0.15, -0.1) is 0 Å². The Balaban J connectivity index is 2.07. The summed E-state index contributed by atoms with van der Waals surface area (Å²) >= 11 is 0. The molecule has 1 aliphatic rings. The molecular formula is C14H26N4O2S. The average molecular weight is 314 g/mol. The highest BCUT2D eigenvalue weighted by molar-refractivity contribution is 7.89. The Morgan fingerprint density at radius 2 is 2.05 bits per heavy atom. The highest BCUT2D eigenvalue weighted by Gasteiger charge is 2.32. The summed E-state index contributed by atoms with van der Waals surface area (Å²) in [5, 5.41) is 0.202. The summed E-state index contributed by atoms with van der Waals surface area (Å²) < 4.78 is 26.7. The minimum Gasteiger partial charge on any atom is -0.332 e. The smallest absolute Gasteiger partial charge is 0.260 e. The van der Waals surface area contributed by atoms with Crippen LogP contribution in [0.15, 0.2) is 11.2 Å². The summed E-state index contributed by atoms with van der Waals surface area (Å²) in [6.45, 7) is 8.20. The average Bonchev–Trinajstić information content (AvgIpc) is 2.96. The lowest BCUT2D eigenvalue weighted by Gasteiger charge is -2.37. The van der Waals surface area contributed by atoms with E-state index in [0.717, 1.165) is 25.9 Å². The number of aromatic amines is 1. The number of piperidine rings is 1. The first-order valence-corrected chi connectivity index (χ1v) is 9.06. The van der Waals surface area contributed by atoms with Crippen LogP contribution < -0.4 is 0 Å². The molecule has 1 aromatic rings. The number of nitrogens with one attached hydrogen (secondary N) is 1. The largest absolute Gasteiger partial charge is 0.332 e. The molecule has 7 heteroatoms. The number of hydrogen-bond donors (Lipinski definition) is 1. The standard InChI is InChI=1S/C14H26N4O2S/c1-5-13-15-10-14(16-13)21(19,20)17(4)12-6-8-18(9-7-12)11(2)3/h10-12H,5-9H2,1-4H3,(H,15,16). The molecular weight excluding hydrogens is 288 g/mol. The van der Waals surface area contributed by atoms with Crippen molar-refractivity contribution in [1.29, 1.82) is 0 Å². The van der Waals surface area contributed by atoms with E-state index in [1.54, 1.807) is 7.05 Å². The maximum Gasteiger partial charge on any atom is 0.260 e. The molecule has 120 valence electrons. The van der Waals surface area contributed by atoms with Gasteiger partial charge in [-0.3, -0.25) is 0 Å². The summed E-state index contributed by atoms with van der Waals surface area (Å²) in [5.74, 6) is 0.705. The van der Waals surface area contributed by atoms with E-state index in [9.17, 15) is 8.42 Å².